The van der Waals surface area contributed by atoms with Crippen LogP contribution < -0.4 is 10.6 Å². The molecule has 2 aromatic carbocycles. The Morgan fingerprint density at radius 3 is 2.31 bits per heavy atom. The molecule has 0 saturated carbocycles. The van der Waals surface area contributed by atoms with Crippen molar-refractivity contribution < 1.29 is 4.79 Å². The molecule has 1 amide bonds. The van der Waals surface area contributed by atoms with Crippen LogP contribution in [0.25, 0.3) is 0 Å². The first kappa shape index (κ1) is 17.7. The highest BCUT2D eigenvalue weighted by molar-refractivity contribution is 6.03. The number of hydrogen-bond acceptors (Lipinski definition) is 3. The standard InChI is InChI=1S/C22H23N3O/c1-22(2,3)18-11-7-8-12-19(18)24-17-13-14-23-20(15-17)21(26)25-16-9-5-4-6-10-16/h4-15H,1-3H3,(H,23,24)(H,25,26). The summed E-state index contributed by atoms with van der Waals surface area (Å²) in [5.74, 6) is -0.232. The fraction of sp³-hybridized carbons (Fsp3) is 0.182. The normalized spacial score (nSPS) is 11.0. The number of benzene rings is 2. The number of pyridine rings is 1. The lowest BCUT2D eigenvalue weighted by Crippen LogP contribution is -2.15. The van der Waals surface area contributed by atoms with E-state index in [0.29, 0.717) is 5.69 Å². The molecular weight excluding hydrogens is 322 g/mol. The molecule has 0 aliphatic heterocycles. The van der Waals surface area contributed by atoms with Crippen LogP contribution in [-0.4, -0.2) is 10.9 Å². The zero-order valence-corrected chi connectivity index (χ0v) is 15.3. The highest BCUT2D eigenvalue weighted by Gasteiger charge is 2.17. The van der Waals surface area contributed by atoms with Gasteiger partial charge in [0.05, 0.1) is 0 Å². The Labute approximate surface area is 154 Å². The molecule has 1 aromatic heterocycles. The first-order valence-corrected chi connectivity index (χ1v) is 8.62. The summed E-state index contributed by atoms with van der Waals surface area (Å²) in [4.78, 5) is 16.6. The van der Waals surface area contributed by atoms with Crippen molar-refractivity contribution in [2.24, 2.45) is 0 Å². The zero-order chi connectivity index (χ0) is 18.6. The predicted molar refractivity (Wildman–Crippen MR) is 107 cm³/mol. The second-order valence-corrected chi connectivity index (χ2v) is 7.17. The zero-order valence-electron chi connectivity index (χ0n) is 15.3. The molecule has 0 saturated heterocycles. The van der Waals surface area contributed by atoms with Crippen molar-refractivity contribution >= 4 is 23.0 Å². The Balaban J connectivity index is 1.81. The molecule has 3 aromatic rings. The van der Waals surface area contributed by atoms with Gasteiger partial charge in [-0.1, -0.05) is 57.2 Å². The first-order valence-electron chi connectivity index (χ1n) is 8.62. The van der Waals surface area contributed by atoms with E-state index in [2.05, 4.69) is 42.5 Å². The van der Waals surface area contributed by atoms with Crippen LogP contribution in [0.3, 0.4) is 0 Å². The van der Waals surface area contributed by atoms with Crippen LogP contribution in [0.4, 0.5) is 17.1 Å². The van der Waals surface area contributed by atoms with Crippen molar-refractivity contribution in [2.75, 3.05) is 10.6 Å². The maximum absolute atomic E-state index is 12.4. The Kier molecular flexibility index (Phi) is 5.03. The number of anilines is 3. The van der Waals surface area contributed by atoms with E-state index in [1.54, 1.807) is 12.3 Å². The predicted octanol–water partition coefficient (Wildman–Crippen LogP) is 5.38. The number of aromatic nitrogens is 1. The van der Waals surface area contributed by atoms with E-state index in [4.69, 9.17) is 0 Å². The summed E-state index contributed by atoms with van der Waals surface area (Å²) in [5.41, 5.74) is 4.20. The molecule has 2 N–H and O–H groups in total. The molecule has 0 unspecified atom stereocenters. The van der Waals surface area contributed by atoms with Gasteiger partial charge in [0.25, 0.3) is 5.91 Å². The van der Waals surface area contributed by atoms with Crippen LogP contribution in [0.15, 0.2) is 72.9 Å². The van der Waals surface area contributed by atoms with E-state index >= 15 is 0 Å². The number of carbonyl (C=O) groups is 1. The van der Waals surface area contributed by atoms with E-state index in [1.165, 1.54) is 5.56 Å². The van der Waals surface area contributed by atoms with Crippen molar-refractivity contribution in [1.29, 1.82) is 0 Å². The SMILES string of the molecule is CC(C)(C)c1ccccc1Nc1ccnc(C(=O)Nc2ccccc2)c1. The van der Waals surface area contributed by atoms with Gasteiger partial charge >= 0.3 is 0 Å². The maximum atomic E-state index is 12.4. The molecule has 0 atom stereocenters. The Morgan fingerprint density at radius 1 is 0.885 bits per heavy atom. The van der Waals surface area contributed by atoms with E-state index in [0.717, 1.165) is 17.1 Å². The van der Waals surface area contributed by atoms with Crippen molar-refractivity contribution in [3.05, 3.63) is 84.2 Å². The largest absolute Gasteiger partial charge is 0.355 e. The van der Waals surface area contributed by atoms with E-state index < -0.39 is 0 Å². The topological polar surface area (TPSA) is 54.0 Å². The van der Waals surface area contributed by atoms with Crippen LogP contribution in [-0.2, 0) is 5.41 Å². The molecule has 0 aliphatic rings. The lowest BCUT2D eigenvalue weighted by Gasteiger charge is -2.23. The molecule has 26 heavy (non-hydrogen) atoms. The van der Waals surface area contributed by atoms with Gasteiger partial charge in [-0.15, -0.1) is 0 Å². The molecule has 0 spiro atoms. The molecule has 0 aliphatic carbocycles. The van der Waals surface area contributed by atoms with Gasteiger partial charge in [0.1, 0.15) is 5.69 Å². The second-order valence-electron chi connectivity index (χ2n) is 7.17. The monoisotopic (exact) mass is 345 g/mol. The minimum Gasteiger partial charge on any atom is -0.355 e. The number of carbonyl (C=O) groups excluding carboxylic acids is 1. The Bertz CT molecular complexity index is 899. The minimum absolute atomic E-state index is 0.0180. The van der Waals surface area contributed by atoms with Crippen molar-refractivity contribution in [3.8, 4) is 0 Å². The summed E-state index contributed by atoms with van der Waals surface area (Å²) in [6.07, 6.45) is 1.64. The van der Waals surface area contributed by atoms with Crippen LogP contribution in [0.2, 0.25) is 0 Å². The quantitative estimate of drug-likeness (QED) is 0.668. The molecule has 0 bridgehead atoms. The average molecular weight is 345 g/mol. The molecule has 1 heterocycles. The van der Waals surface area contributed by atoms with E-state index in [9.17, 15) is 4.79 Å². The Hall–Kier alpha value is -3.14. The van der Waals surface area contributed by atoms with Gasteiger partial charge in [-0.05, 0) is 41.3 Å². The molecule has 4 heteroatoms. The average Bonchev–Trinajstić information content (AvgIpc) is 2.62. The number of amides is 1. The summed E-state index contributed by atoms with van der Waals surface area (Å²) in [6.45, 7) is 6.54. The fourth-order valence-corrected chi connectivity index (χ4v) is 2.75. The van der Waals surface area contributed by atoms with Crippen LogP contribution in [0.5, 0.6) is 0 Å². The van der Waals surface area contributed by atoms with E-state index in [1.807, 2.05) is 54.6 Å². The summed E-state index contributed by atoms with van der Waals surface area (Å²) >= 11 is 0. The first-order chi connectivity index (χ1) is 12.4. The van der Waals surface area contributed by atoms with Crippen LogP contribution in [0, 0.1) is 0 Å². The molecule has 0 radical (unpaired) electrons. The smallest absolute Gasteiger partial charge is 0.274 e. The molecule has 3 rings (SSSR count). The lowest BCUT2D eigenvalue weighted by molar-refractivity contribution is 0.102. The van der Waals surface area contributed by atoms with Crippen molar-refractivity contribution in [1.82, 2.24) is 4.98 Å². The molecule has 4 nitrogen and oxygen atoms in total. The number of hydrogen-bond donors (Lipinski definition) is 2. The minimum atomic E-state index is -0.232. The third-order valence-corrected chi connectivity index (χ3v) is 4.04. The summed E-state index contributed by atoms with van der Waals surface area (Å²) in [6, 6.07) is 21.2. The van der Waals surface area contributed by atoms with Crippen LogP contribution >= 0.6 is 0 Å². The number of para-hydroxylation sites is 2. The molecular formula is C22H23N3O. The number of nitrogens with zero attached hydrogens (tertiary/aromatic N) is 1. The van der Waals surface area contributed by atoms with Gasteiger partial charge in [-0.25, -0.2) is 0 Å². The van der Waals surface area contributed by atoms with Gasteiger partial charge in [-0.2, -0.15) is 0 Å². The summed E-state index contributed by atoms with van der Waals surface area (Å²) in [5, 5.41) is 6.27. The highest BCUT2D eigenvalue weighted by Crippen LogP contribution is 2.31. The molecule has 132 valence electrons. The summed E-state index contributed by atoms with van der Waals surface area (Å²) in [7, 11) is 0. The third-order valence-electron chi connectivity index (χ3n) is 4.04. The number of nitrogens with one attached hydrogen (secondary N) is 2. The van der Waals surface area contributed by atoms with Gasteiger partial charge in [0.15, 0.2) is 0 Å². The summed E-state index contributed by atoms with van der Waals surface area (Å²) < 4.78 is 0. The second kappa shape index (κ2) is 7.40. The van der Waals surface area contributed by atoms with Gasteiger partial charge in [0, 0.05) is 23.3 Å². The fourth-order valence-electron chi connectivity index (χ4n) is 2.75. The van der Waals surface area contributed by atoms with Crippen molar-refractivity contribution in [2.45, 2.75) is 26.2 Å². The van der Waals surface area contributed by atoms with Crippen LogP contribution in [0.1, 0.15) is 36.8 Å². The molecule has 0 fully saturated rings. The van der Waals surface area contributed by atoms with Gasteiger partial charge < -0.3 is 10.6 Å². The van der Waals surface area contributed by atoms with Gasteiger partial charge in [0.2, 0.25) is 0 Å². The van der Waals surface area contributed by atoms with Gasteiger partial charge in [-0.3, -0.25) is 9.78 Å². The maximum Gasteiger partial charge on any atom is 0.274 e. The van der Waals surface area contributed by atoms with Crippen molar-refractivity contribution in [3.63, 3.8) is 0 Å². The van der Waals surface area contributed by atoms with E-state index in [-0.39, 0.29) is 11.3 Å². The Morgan fingerprint density at radius 2 is 1.58 bits per heavy atom. The highest BCUT2D eigenvalue weighted by atomic mass is 16.1. The lowest BCUT2D eigenvalue weighted by atomic mass is 9.86. The third kappa shape index (κ3) is 4.28. The number of rotatable bonds is 4.